The van der Waals surface area contributed by atoms with Crippen molar-refractivity contribution in [2.24, 2.45) is 7.05 Å². The maximum atomic E-state index is 11.8. The standard InChI is InChI=1S/C12H21N3O2S/c1-8(5-6-16)18-7-11(17)13-12-9(2)14-15(4)10(12)3/h8,16H,5-7H2,1-4H3,(H,13,17). The maximum Gasteiger partial charge on any atom is 0.234 e. The van der Waals surface area contributed by atoms with Crippen LogP contribution in [0.5, 0.6) is 0 Å². The van der Waals surface area contributed by atoms with E-state index in [1.165, 1.54) is 0 Å². The number of hydrogen-bond donors (Lipinski definition) is 2. The summed E-state index contributed by atoms with van der Waals surface area (Å²) >= 11 is 1.55. The molecule has 1 rings (SSSR count). The maximum absolute atomic E-state index is 11.8. The summed E-state index contributed by atoms with van der Waals surface area (Å²) in [6.45, 7) is 5.98. The molecule has 0 bridgehead atoms. The lowest BCUT2D eigenvalue weighted by atomic mass is 10.3. The van der Waals surface area contributed by atoms with Crippen molar-refractivity contribution in [3.05, 3.63) is 11.4 Å². The van der Waals surface area contributed by atoms with Gasteiger partial charge in [0.15, 0.2) is 0 Å². The van der Waals surface area contributed by atoms with Crippen LogP contribution < -0.4 is 5.32 Å². The Hall–Kier alpha value is -1.01. The molecule has 1 heterocycles. The van der Waals surface area contributed by atoms with Crippen LogP contribution in [0.3, 0.4) is 0 Å². The van der Waals surface area contributed by atoms with E-state index in [2.05, 4.69) is 10.4 Å². The van der Waals surface area contributed by atoms with Crippen LogP contribution in [0, 0.1) is 13.8 Å². The highest BCUT2D eigenvalue weighted by atomic mass is 32.2. The van der Waals surface area contributed by atoms with Gasteiger partial charge in [0, 0.05) is 18.9 Å². The first-order chi connectivity index (χ1) is 8.45. The minimum atomic E-state index is -0.0241. The zero-order chi connectivity index (χ0) is 13.7. The van der Waals surface area contributed by atoms with Crippen LogP contribution in [0.2, 0.25) is 0 Å². The molecule has 0 aliphatic carbocycles. The van der Waals surface area contributed by atoms with Gasteiger partial charge in [0.05, 0.1) is 22.8 Å². The summed E-state index contributed by atoms with van der Waals surface area (Å²) in [5.41, 5.74) is 2.59. The van der Waals surface area contributed by atoms with E-state index in [1.54, 1.807) is 16.4 Å². The van der Waals surface area contributed by atoms with Crippen LogP contribution in [-0.2, 0) is 11.8 Å². The molecule has 1 atom stereocenters. The molecule has 1 aromatic rings. The van der Waals surface area contributed by atoms with Gasteiger partial charge in [-0.15, -0.1) is 11.8 Å². The summed E-state index contributed by atoms with van der Waals surface area (Å²) in [6, 6.07) is 0. The first-order valence-electron chi connectivity index (χ1n) is 5.98. The third-order valence-corrected chi connectivity index (χ3v) is 4.04. The van der Waals surface area contributed by atoms with Crippen LogP contribution in [0.25, 0.3) is 0 Å². The van der Waals surface area contributed by atoms with Gasteiger partial charge < -0.3 is 10.4 Å². The Morgan fingerprint density at radius 1 is 1.56 bits per heavy atom. The Kier molecular flexibility index (Phi) is 5.68. The molecule has 102 valence electrons. The molecular weight excluding hydrogens is 250 g/mol. The quantitative estimate of drug-likeness (QED) is 0.822. The number of anilines is 1. The topological polar surface area (TPSA) is 67.2 Å². The number of amides is 1. The van der Waals surface area contributed by atoms with Gasteiger partial charge in [-0.05, 0) is 20.3 Å². The van der Waals surface area contributed by atoms with Gasteiger partial charge in [0.1, 0.15) is 0 Å². The predicted octanol–water partition coefficient (Wildman–Crippen LogP) is 1.48. The van der Waals surface area contributed by atoms with E-state index in [1.807, 2.05) is 27.8 Å². The largest absolute Gasteiger partial charge is 0.396 e. The predicted molar refractivity (Wildman–Crippen MR) is 74.9 cm³/mol. The third kappa shape index (κ3) is 4.03. The van der Waals surface area contributed by atoms with Crippen molar-refractivity contribution in [3.8, 4) is 0 Å². The summed E-state index contributed by atoms with van der Waals surface area (Å²) < 4.78 is 1.76. The minimum Gasteiger partial charge on any atom is -0.396 e. The van der Waals surface area contributed by atoms with Gasteiger partial charge in [0.2, 0.25) is 5.91 Å². The smallest absolute Gasteiger partial charge is 0.234 e. The molecule has 1 amide bonds. The molecule has 0 spiro atoms. The molecule has 6 heteroatoms. The van der Waals surface area contributed by atoms with Crippen molar-refractivity contribution < 1.29 is 9.90 Å². The Morgan fingerprint density at radius 3 is 2.72 bits per heavy atom. The normalized spacial score (nSPS) is 12.5. The van der Waals surface area contributed by atoms with E-state index in [-0.39, 0.29) is 17.8 Å². The molecular formula is C12H21N3O2S. The van der Waals surface area contributed by atoms with Crippen LogP contribution in [-0.4, -0.2) is 38.4 Å². The lowest BCUT2D eigenvalue weighted by Gasteiger charge is -2.09. The second kappa shape index (κ2) is 6.80. The Balaban J connectivity index is 2.50. The van der Waals surface area contributed by atoms with Gasteiger partial charge in [-0.2, -0.15) is 5.10 Å². The van der Waals surface area contributed by atoms with Gasteiger partial charge in [-0.1, -0.05) is 6.92 Å². The van der Waals surface area contributed by atoms with E-state index < -0.39 is 0 Å². The van der Waals surface area contributed by atoms with Gasteiger partial charge in [0.25, 0.3) is 0 Å². The fourth-order valence-electron chi connectivity index (χ4n) is 1.61. The number of aliphatic hydroxyl groups excluding tert-OH is 1. The summed E-state index contributed by atoms with van der Waals surface area (Å²) in [6.07, 6.45) is 0.711. The number of aliphatic hydroxyl groups is 1. The van der Waals surface area contributed by atoms with Crippen molar-refractivity contribution >= 4 is 23.4 Å². The van der Waals surface area contributed by atoms with Crippen molar-refractivity contribution in [3.63, 3.8) is 0 Å². The highest BCUT2D eigenvalue weighted by Crippen LogP contribution is 2.19. The van der Waals surface area contributed by atoms with Crippen molar-refractivity contribution in [1.82, 2.24) is 9.78 Å². The van der Waals surface area contributed by atoms with E-state index in [0.717, 1.165) is 17.1 Å². The molecule has 0 aromatic carbocycles. The molecule has 0 aliphatic heterocycles. The molecule has 1 unspecified atom stereocenters. The molecule has 0 aliphatic rings. The van der Waals surface area contributed by atoms with Crippen LogP contribution in [0.4, 0.5) is 5.69 Å². The second-order valence-electron chi connectivity index (χ2n) is 4.35. The first-order valence-corrected chi connectivity index (χ1v) is 7.03. The number of carbonyl (C=O) groups excluding carboxylic acids is 1. The zero-order valence-electron chi connectivity index (χ0n) is 11.4. The van der Waals surface area contributed by atoms with E-state index in [0.29, 0.717) is 12.2 Å². The van der Waals surface area contributed by atoms with E-state index >= 15 is 0 Å². The zero-order valence-corrected chi connectivity index (χ0v) is 12.2. The Bertz CT molecular complexity index is 418. The number of aromatic nitrogens is 2. The average Bonchev–Trinajstić information content (AvgIpc) is 2.54. The summed E-state index contributed by atoms with van der Waals surface area (Å²) in [5, 5.41) is 16.2. The molecule has 0 saturated heterocycles. The Morgan fingerprint density at radius 2 is 2.22 bits per heavy atom. The second-order valence-corrected chi connectivity index (χ2v) is 5.78. The summed E-state index contributed by atoms with van der Waals surface area (Å²) in [4.78, 5) is 11.8. The van der Waals surface area contributed by atoms with E-state index in [4.69, 9.17) is 5.11 Å². The molecule has 1 aromatic heterocycles. The lowest BCUT2D eigenvalue weighted by Crippen LogP contribution is -2.17. The number of nitrogens with zero attached hydrogens (tertiary/aromatic N) is 2. The van der Waals surface area contributed by atoms with Gasteiger partial charge >= 0.3 is 0 Å². The fourth-order valence-corrected chi connectivity index (χ4v) is 2.39. The monoisotopic (exact) mass is 271 g/mol. The van der Waals surface area contributed by atoms with Crippen molar-refractivity contribution in [2.45, 2.75) is 32.4 Å². The van der Waals surface area contributed by atoms with Gasteiger partial charge in [-0.25, -0.2) is 0 Å². The molecule has 0 saturated carbocycles. The highest BCUT2D eigenvalue weighted by molar-refractivity contribution is 8.00. The van der Waals surface area contributed by atoms with Crippen LogP contribution in [0.15, 0.2) is 0 Å². The average molecular weight is 271 g/mol. The molecule has 18 heavy (non-hydrogen) atoms. The van der Waals surface area contributed by atoms with Crippen molar-refractivity contribution in [2.75, 3.05) is 17.7 Å². The van der Waals surface area contributed by atoms with Crippen LogP contribution in [0.1, 0.15) is 24.7 Å². The fraction of sp³-hybridized carbons (Fsp3) is 0.667. The molecule has 2 N–H and O–H groups in total. The number of hydrogen-bond acceptors (Lipinski definition) is 4. The Labute approximate surface area is 112 Å². The molecule has 5 nitrogen and oxygen atoms in total. The number of carbonyl (C=O) groups is 1. The van der Waals surface area contributed by atoms with E-state index in [9.17, 15) is 4.79 Å². The third-order valence-electron chi connectivity index (χ3n) is 2.81. The van der Waals surface area contributed by atoms with Gasteiger partial charge in [-0.3, -0.25) is 9.48 Å². The van der Waals surface area contributed by atoms with Crippen molar-refractivity contribution in [1.29, 1.82) is 0 Å². The number of nitrogens with one attached hydrogen (secondary N) is 1. The number of rotatable bonds is 6. The number of thioether (sulfide) groups is 1. The molecule has 0 radical (unpaired) electrons. The molecule has 0 fully saturated rings. The number of aryl methyl sites for hydroxylation is 2. The van der Waals surface area contributed by atoms with Crippen LogP contribution >= 0.6 is 11.8 Å². The summed E-state index contributed by atoms with van der Waals surface area (Å²) in [7, 11) is 1.86. The minimum absolute atomic E-state index is 0.0241. The lowest BCUT2D eigenvalue weighted by molar-refractivity contribution is -0.113. The highest BCUT2D eigenvalue weighted by Gasteiger charge is 2.13. The first kappa shape index (κ1) is 15.0. The SMILES string of the molecule is Cc1nn(C)c(C)c1NC(=O)CSC(C)CCO. The summed E-state index contributed by atoms with van der Waals surface area (Å²) in [5.74, 6) is 0.374.